The highest BCUT2D eigenvalue weighted by atomic mass is 127. The highest BCUT2D eigenvalue weighted by Gasteiger charge is 2.16. The number of hydrogen-bond acceptors (Lipinski definition) is 4. The Morgan fingerprint density at radius 1 is 1.38 bits per heavy atom. The van der Waals surface area contributed by atoms with Crippen LogP contribution in [-0.4, -0.2) is 27.8 Å². The number of fused-ring (bicyclic) bond motifs is 1. The Morgan fingerprint density at radius 2 is 2.24 bits per heavy atom. The van der Waals surface area contributed by atoms with E-state index in [1.165, 1.54) is 0 Å². The van der Waals surface area contributed by atoms with Crippen LogP contribution in [0.5, 0.6) is 0 Å². The summed E-state index contributed by atoms with van der Waals surface area (Å²) >= 11 is 0. The number of aryl methyl sites for hydroxylation is 1. The van der Waals surface area contributed by atoms with Crippen molar-refractivity contribution in [1.29, 1.82) is 0 Å². The van der Waals surface area contributed by atoms with Crippen molar-refractivity contribution >= 4 is 29.9 Å². The minimum absolute atomic E-state index is 0. The van der Waals surface area contributed by atoms with Gasteiger partial charge in [-0.15, -0.1) is 34.2 Å². The first-order valence-corrected chi connectivity index (χ1v) is 6.73. The van der Waals surface area contributed by atoms with Gasteiger partial charge >= 0.3 is 0 Å². The molecular formula is C13H19IN6O. The summed E-state index contributed by atoms with van der Waals surface area (Å²) < 4.78 is 7.20. The predicted octanol–water partition coefficient (Wildman–Crippen LogP) is 1.30. The second-order valence-electron chi connectivity index (χ2n) is 4.70. The summed E-state index contributed by atoms with van der Waals surface area (Å²) in [6.07, 6.45) is 5.56. The van der Waals surface area contributed by atoms with E-state index in [-0.39, 0.29) is 24.0 Å². The average molecular weight is 402 g/mol. The molecule has 0 amide bonds. The van der Waals surface area contributed by atoms with Crippen molar-refractivity contribution in [2.45, 2.75) is 32.5 Å². The normalized spacial score (nSPS) is 13.7. The maximum absolute atomic E-state index is 5.03. The van der Waals surface area contributed by atoms with Crippen LogP contribution in [0.2, 0.25) is 0 Å². The summed E-state index contributed by atoms with van der Waals surface area (Å²) in [5.74, 6) is 2.79. The molecule has 21 heavy (non-hydrogen) atoms. The lowest BCUT2D eigenvalue weighted by atomic mass is 10.3. The molecule has 114 valence electrons. The maximum atomic E-state index is 5.03. The molecule has 0 fully saturated rings. The first-order chi connectivity index (χ1) is 9.86. The second-order valence-corrected chi connectivity index (χ2v) is 4.70. The van der Waals surface area contributed by atoms with E-state index in [2.05, 4.69) is 30.4 Å². The van der Waals surface area contributed by atoms with Crippen molar-refractivity contribution < 1.29 is 4.42 Å². The summed E-state index contributed by atoms with van der Waals surface area (Å²) in [6, 6.07) is 1.92. The highest BCUT2D eigenvalue weighted by molar-refractivity contribution is 14.0. The van der Waals surface area contributed by atoms with Crippen LogP contribution in [-0.2, 0) is 26.1 Å². The standard InChI is InChI=1S/C13H18N6O.HI/c1-14-13(15-7-10-4-6-20-9-10)16-8-12-18-17-11-3-2-5-19(11)12;/h4,6,9H,2-3,5,7-8H2,1H3,(H2,14,15,16);1H. The summed E-state index contributed by atoms with van der Waals surface area (Å²) in [5.41, 5.74) is 1.08. The maximum Gasteiger partial charge on any atom is 0.191 e. The van der Waals surface area contributed by atoms with Gasteiger partial charge in [0.05, 0.1) is 19.1 Å². The van der Waals surface area contributed by atoms with Gasteiger partial charge in [0, 0.05) is 32.1 Å². The zero-order valence-electron chi connectivity index (χ0n) is 11.9. The van der Waals surface area contributed by atoms with E-state index in [9.17, 15) is 0 Å². The lowest BCUT2D eigenvalue weighted by Gasteiger charge is -2.11. The van der Waals surface area contributed by atoms with Crippen molar-refractivity contribution in [2.24, 2.45) is 4.99 Å². The number of halogens is 1. The van der Waals surface area contributed by atoms with Crippen molar-refractivity contribution in [2.75, 3.05) is 7.05 Å². The van der Waals surface area contributed by atoms with Gasteiger partial charge in [0.1, 0.15) is 5.82 Å². The van der Waals surface area contributed by atoms with E-state index in [4.69, 9.17) is 4.42 Å². The molecule has 1 aliphatic rings. The van der Waals surface area contributed by atoms with E-state index in [1.807, 2.05) is 6.07 Å². The van der Waals surface area contributed by atoms with Gasteiger partial charge in [-0.1, -0.05) is 0 Å². The molecule has 1 aliphatic heterocycles. The zero-order chi connectivity index (χ0) is 13.8. The summed E-state index contributed by atoms with van der Waals surface area (Å²) in [4.78, 5) is 4.19. The topological polar surface area (TPSA) is 80.3 Å². The number of aliphatic imine (C=N–C) groups is 1. The van der Waals surface area contributed by atoms with Crippen LogP contribution in [0, 0.1) is 0 Å². The van der Waals surface area contributed by atoms with E-state index in [0.29, 0.717) is 13.1 Å². The van der Waals surface area contributed by atoms with Crippen LogP contribution >= 0.6 is 24.0 Å². The first kappa shape index (κ1) is 15.8. The van der Waals surface area contributed by atoms with Crippen LogP contribution in [0.15, 0.2) is 28.0 Å². The quantitative estimate of drug-likeness (QED) is 0.458. The third kappa shape index (κ3) is 3.74. The smallest absolute Gasteiger partial charge is 0.191 e. The van der Waals surface area contributed by atoms with Crippen LogP contribution in [0.1, 0.15) is 23.6 Å². The average Bonchev–Trinajstić information content (AvgIpc) is 3.17. The molecule has 8 heteroatoms. The number of nitrogens with one attached hydrogen (secondary N) is 2. The lowest BCUT2D eigenvalue weighted by molar-refractivity contribution is 0.563. The van der Waals surface area contributed by atoms with Crippen LogP contribution in [0.3, 0.4) is 0 Å². The molecule has 0 saturated carbocycles. The Morgan fingerprint density at radius 3 is 3.00 bits per heavy atom. The van der Waals surface area contributed by atoms with Gasteiger partial charge < -0.3 is 19.6 Å². The third-order valence-corrected chi connectivity index (χ3v) is 3.36. The largest absolute Gasteiger partial charge is 0.472 e. The fraction of sp³-hybridized carbons (Fsp3) is 0.462. The molecular weight excluding hydrogens is 383 g/mol. The molecule has 0 aliphatic carbocycles. The molecule has 2 aromatic heterocycles. The molecule has 2 N–H and O–H groups in total. The Bertz CT molecular complexity index is 592. The van der Waals surface area contributed by atoms with E-state index in [1.54, 1.807) is 19.6 Å². The molecule has 0 spiro atoms. The molecule has 3 heterocycles. The fourth-order valence-corrected chi connectivity index (χ4v) is 2.30. The molecule has 0 saturated heterocycles. The fourth-order valence-electron chi connectivity index (χ4n) is 2.30. The van der Waals surface area contributed by atoms with Gasteiger partial charge in [-0.05, 0) is 12.5 Å². The number of guanidine groups is 1. The highest BCUT2D eigenvalue weighted by Crippen LogP contribution is 2.13. The molecule has 2 aromatic rings. The van der Waals surface area contributed by atoms with Crippen molar-refractivity contribution in [3.05, 3.63) is 35.8 Å². The van der Waals surface area contributed by atoms with Gasteiger partial charge in [0.2, 0.25) is 0 Å². The monoisotopic (exact) mass is 402 g/mol. The minimum Gasteiger partial charge on any atom is -0.472 e. The molecule has 0 radical (unpaired) electrons. The van der Waals surface area contributed by atoms with Crippen LogP contribution < -0.4 is 10.6 Å². The third-order valence-electron chi connectivity index (χ3n) is 3.36. The van der Waals surface area contributed by atoms with Crippen LogP contribution in [0.4, 0.5) is 0 Å². The van der Waals surface area contributed by atoms with Crippen molar-refractivity contribution in [3.63, 3.8) is 0 Å². The molecule has 0 atom stereocenters. The van der Waals surface area contributed by atoms with Gasteiger partial charge in [0.15, 0.2) is 11.8 Å². The number of aromatic nitrogens is 3. The number of furan rings is 1. The predicted molar refractivity (Wildman–Crippen MR) is 89.5 cm³/mol. The van der Waals surface area contributed by atoms with Crippen LogP contribution in [0.25, 0.3) is 0 Å². The Balaban J connectivity index is 0.00000161. The second kappa shape index (κ2) is 7.43. The Kier molecular flexibility index (Phi) is 5.59. The molecule has 0 unspecified atom stereocenters. The first-order valence-electron chi connectivity index (χ1n) is 6.73. The summed E-state index contributed by atoms with van der Waals surface area (Å²) in [6.45, 7) is 2.31. The van der Waals surface area contributed by atoms with Gasteiger partial charge in [0.25, 0.3) is 0 Å². The van der Waals surface area contributed by atoms with Gasteiger partial charge in [-0.3, -0.25) is 4.99 Å². The van der Waals surface area contributed by atoms with Gasteiger partial charge in [-0.2, -0.15) is 0 Å². The van der Waals surface area contributed by atoms with Gasteiger partial charge in [-0.25, -0.2) is 0 Å². The van der Waals surface area contributed by atoms with E-state index in [0.717, 1.165) is 42.6 Å². The van der Waals surface area contributed by atoms with E-state index >= 15 is 0 Å². The molecule has 0 bridgehead atoms. The molecule has 7 nitrogen and oxygen atoms in total. The number of nitrogens with zero attached hydrogens (tertiary/aromatic N) is 4. The van der Waals surface area contributed by atoms with Crippen molar-refractivity contribution in [3.8, 4) is 0 Å². The number of rotatable bonds is 4. The molecule has 3 rings (SSSR count). The number of hydrogen-bond donors (Lipinski definition) is 2. The zero-order valence-corrected chi connectivity index (χ0v) is 14.2. The van der Waals surface area contributed by atoms with Crippen molar-refractivity contribution in [1.82, 2.24) is 25.4 Å². The Hall–Kier alpha value is -1.58. The molecule has 0 aromatic carbocycles. The van der Waals surface area contributed by atoms with E-state index < -0.39 is 0 Å². The Labute approximate surface area is 140 Å². The minimum atomic E-state index is 0. The summed E-state index contributed by atoms with van der Waals surface area (Å²) in [7, 11) is 1.75. The summed E-state index contributed by atoms with van der Waals surface area (Å²) in [5, 5.41) is 14.9. The lowest BCUT2D eigenvalue weighted by Crippen LogP contribution is -2.36. The SMILES string of the molecule is CN=C(NCc1ccoc1)NCc1nnc2n1CCC2.I.